The van der Waals surface area contributed by atoms with Crippen molar-refractivity contribution >= 4 is 35.0 Å². The number of halogens is 1. The Bertz CT molecular complexity index is 829. The summed E-state index contributed by atoms with van der Waals surface area (Å²) in [6.45, 7) is 1.38. The molecule has 0 aliphatic heterocycles. The van der Waals surface area contributed by atoms with Crippen LogP contribution in [0.25, 0.3) is 0 Å². The molecule has 0 unspecified atom stereocenters. The number of anilines is 1. The monoisotopic (exact) mass is 392 g/mol. The fourth-order valence-electron chi connectivity index (χ4n) is 2.07. The number of benzene rings is 2. The first-order chi connectivity index (χ1) is 12.9. The average Bonchev–Trinajstić information content (AvgIpc) is 2.63. The molecule has 27 heavy (non-hydrogen) atoms. The summed E-state index contributed by atoms with van der Waals surface area (Å²) in [6, 6.07) is 11.6. The molecule has 142 valence electrons. The zero-order valence-corrected chi connectivity index (χ0v) is 15.2. The number of nitro groups is 1. The fourth-order valence-corrected chi connectivity index (χ4v) is 2.90. The Kier molecular flexibility index (Phi) is 7.30. The van der Waals surface area contributed by atoms with Gasteiger partial charge < -0.3 is 10.1 Å². The van der Waals surface area contributed by atoms with E-state index in [4.69, 9.17) is 4.74 Å². The first kappa shape index (κ1) is 20.4. The number of hydrogen-bond donors (Lipinski definition) is 1. The van der Waals surface area contributed by atoms with Crippen molar-refractivity contribution in [3.05, 3.63) is 64.5 Å². The van der Waals surface area contributed by atoms with E-state index in [9.17, 15) is 24.1 Å². The fraction of sp³-hybridized carbons (Fsp3) is 0.222. The SMILES string of the molecule is C[C@@H](OC(=O)CCSc1ccc(F)cc1)C(=O)Nc1ccccc1[N+](=O)[O-]. The minimum absolute atomic E-state index is 0.0299. The van der Waals surface area contributed by atoms with Crippen LogP contribution in [0.1, 0.15) is 13.3 Å². The molecule has 9 heteroatoms. The van der Waals surface area contributed by atoms with E-state index in [0.29, 0.717) is 5.75 Å². The van der Waals surface area contributed by atoms with E-state index in [2.05, 4.69) is 5.32 Å². The van der Waals surface area contributed by atoms with Crippen LogP contribution in [0.4, 0.5) is 15.8 Å². The Balaban J connectivity index is 1.80. The molecule has 0 aliphatic rings. The predicted octanol–water partition coefficient (Wildman–Crippen LogP) is 3.79. The molecule has 7 nitrogen and oxygen atoms in total. The number of thioether (sulfide) groups is 1. The van der Waals surface area contributed by atoms with Gasteiger partial charge in [0.15, 0.2) is 6.10 Å². The van der Waals surface area contributed by atoms with Crippen molar-refractivity contribution in [1.29, 1.82) is 0 Å². The summed E-state index contributed by atoms with van der Waals surface area (Å²) in [4.78, 5) is 35.1. The summed E-state index contributed by atoms with van der Waals surface area (Å²) in [6.07, 6.45) is -1.04. The van der Waals surface area contributed by atoms with Crippen LogP contribution < -0.4 is 5.32 Å². The zero-order chi connectivity index (χ0) is 19.8. The molecule has 0 heterocycles. The van der Waals surface area contributed by atoms with Gasteiger partial charge in [-0.3, -0.25) is 19.7 Å². The van der Waals surface area contributed by atoms with Crippen LogP contribution in [0.15, 0.2) is 53.4 Å². The number of para-hydroxylation sites is 2. The van der Waals surface area contributed by atoms with Crippen molar-refractivity contribution in [2.45, 2.75) is 24.3 Å². The molecule has 1 N–H and O–H groups in total. The maximum absolute atomic E-state index is 12.8. The first-order valence-electron chi connectivity index (χ1n) is 7.99. The highest BCUT2D eigenvalue weighted by molar-refractivity contribution is 7.99. The quantitative estimate of drug-likeness (QED) is 0.318. The number of nitro benzene ring substituents is 1. The molecule has 0 spiro atoms. The first-order valence-corrected chi connectivity index (χ1v) is 8.97. The molecular formula is C18H17FN2O5S. The molecule has 0 fully saturated rings. The third-order valence-electron chi connectivity index (χ3n) is 3.42. The lowest BCUT2D eigenvalue weighted by Gasteiger charge is -2.13. The number of nitrogens with zero attached hydrogens (tertiary/aromatic N) is 1. The van der Waals surface area contributed by atoms with Crippen molar-refractivity contribution in [2.24, 2.45) is 0 Å². The maximum Gasteiger partial charge on any atom is 0.307 e. The summed E-state index contributed by atoms with van der Waals surface area (Å²) < 4.78 is 17.9. The normalized spacial score (nSPS) is 11.5. The van der Waals surface area contributed by atoms with Gasteiger partial charge in [0.1, 0.15) is 11.5 Å². The third kappa shape index (κ3) is 6.37. The highest BCUT2D eigenvalue weighted by Crippen LogP contribution is 2.23. The summed E-state index contributed by atoms with van der Waals surface area (Å²) >= 11 is 1.36. The number of carbonyl (C=O) groups is 2. The van der Waals surface area contributed by atoms with E-state index < -0.39 is 22.9 Å². The second kappa shape index (κ2) is 9.67. The van der Waals surface area contributed by atoms with Crippen LogP contribution in [0, 0.1) is 15.9 Å². The van der Waals surface area contributed by atoms with Gasteiger partial charge in [-0.15, -0.1) is 11.8 Å². The largest absolute Gasteiger partial charge is 0.453 e. The molecule has 0 saturated carbocycles. The van der Waals surface area contributed by atoms with E-state index in [0.717, 1.165) is 4.90 Å². The van der Waals surface area contributed by atoms with Crippen molar-refractivity contribution < 1.29 is 23.6 Å². The van der Waals surface area contributed by atoms with Crippen LogP contribution in [0.3, 0.4) is 0 Å². The van der Waals surface area contributed by atoms with Crippen molar-refractivity contribution in [2.75, 3.05) is 11.1 Å². The third-order valence-corrected chi connectivity index (χ3v) is 4.44. The minimum atomic E-state index is -1.10. The van der Waals surface area contributed by atoms with Crippen LogP contribution in [0.2, 0.25) is 0 Å². The van der Waals surface area contributed by atoms with Gasteiger partial charge in [0, 0.05) is 16.7 Å². The predicted molar refractivity (Wildman–Crippen MR) is 99.0 cm³/mol. The van der Waals surface area contributed by atoms with Gasteiger partial charge in [-0.05, 0) is 37.3 Å². The molecule has 0 radical (unpaired) electrons. The number of rotatable bonds is 8. The van der Waals surface area contributed by atoms with Gasteiger partial charge >= 0.3 is 5.97 Å². The summed E-state index contributed by atoms with van der Waals surface area (Å²) in [7, 11) is 0. The lowest BCUT2D eigenvalue weighted by Crippen LogP contribution is -2.30. The van der Waals surface area contributed by atoms with Gasteiger partial charge in [-0.2, -0.15) is 0 Å². The molecule has 0 saturated heterocycles. The van der Waals surface area contributed by atoms with Gasteiger partial charge in [-0.1, -0.05) is 12.1 Å². The Morgan fingerprint density at radius 1 is 1.22 bits per heavy atom. The van der Waals surface area contributed by atoms with Crippen LogP contribution in [-0.4, -0.2) is 28.7 Å². The summed E-state index contributed by atoms with van der Waals surface area (Å²) in [5, 5.41) is 13.3. The molecule has 1 amide bonds. The molecule has 0 aromatic heterocycles. The number of amides is 1. The number of hydrogen-bond acceptors (Lipinski definition) is 6. The van der Waals surface area contributed by atoms with Crippen molar-refractivity contribution in [3.63, 3.8) is 0 Å². The van der Waals surface area contributed by atoms with E-state index in [1.165, 1.54) is 49.0 Å². The Hall–Kier alpha value is -2.94. The van der Waals surface area contributed by atoms with E-state index in [-0.39, 0.29) is 23.6 Å². The number of nitrogens with one attached hydrogen (secondary N) is 1. The Labute approximate surface area is 159 Å². The van der Waals surface area contributed by atoms with Crippen molar-refractivity contribution in [3.8, 4) is 0 Å². The smallest absolute Gasteiger partial charge is 0.307 e. The van der Waals surface area contributed by atoms with E-state index >= 15 is 0 Å². The summed E-state index contributed by atoms with van der Waals surface area (Å²) in [5.74, 6) is -1.17. The standard InChI is InChI=1S/C18H17FN2O5S/c1-12(18(23)20-15-4-2-3-5-16(15)21(24)25)26-17(22)10-11-27-14-8-6-13(19)7-9-14/h2-9,12H,10-11H2,1H3,(H,20,23)/t12-/m1/s1. The van der Waals surface area contributed by atoms with Crippen LogP contribution in [0.5, 0.6) is 0 Å². The number of carbonyl (C=O) groups excluding carboxylic acids is 2. The molecule has 2 aromatic carbocycles. The van der Waals surface area contributed by atoms with Crippen molar-refractivity contribution in [1.82, 2.24) is 0 Å². The highest BCUT2D eigenvalue weighted by atomic mass is 32.2. The molecular weight excluding hydrogens is 375 g/mol. The van der Waals surface area contributed by atoms with E-state index in [1.54, 1.807) is 18.2 Å². The average molecular weight is 392 g/mol. The second-order valence-corrected chi connectivity index (χ2v) is 6.62. The lowest BCUT2D eigenvalue weighted by molar-refractivity contribution is -0.383. The van der Waals surface area contributed by atoms with Gasteiger partial charge in [0.2, 0.25) is 0 Å². The minimum Gasteiger partial charge on any atom is -0.453 e. The zero-order valence-electron chi connectivity index (χ0n) is 14.4. The molecule has 2 aromatic rings. The lowest BCUT2D eigenvalue weighted by atomic mass is 10.2. The molecule has 2 rings (SSSR count). The number of ether oxygens (including phenoxy) is 1. The molecule has 0 aliphatic carbocycles. The topological polar surface area (TPSA) is 98.5 Å². The number of esters is 1. The Morgan fingerprint density at radius 2 is 1.89 bits per heavy atom. The maximum atomic E-state index is 12.8. The van der Waals surface area contributed by atoms with Crippen LogP contribution >= 0.6 is 11.8 Å². The molecule has 0 bridgehead atoms. The van der Waals surface area contributed by atoms with Crippen LogP contribution in [-0.2, 0) is 14.3 Å². The van der Waals surface area contributed by atoms with Gasteiger partial charge in [-0.25, -0.2) is 4.39 Å². The highest BCUT2D eigenvalue weighted by Gasteiger charge is 2.21. The molecule has 1 atom stereocenters. The second-order valence-electron chi connectivity index (χ2n) is 5.45. The summed E-state index contributed by atoms with van der Waals surface area (Å²) in [5.41, 5.74) is -0.220. The van der Waals surface area contributed by atoms with E-state index in [1.807, 2.05) is 0 Å². The van der Waals surface area contributed by atoms with Gasteiger partial charge in [0.05, 0.1) is 11.3 Å². The van der Waals surface area contributed by atoms with Gasteiger partial charge in [0.25, 0.3) is 11.6 Å². The Morgan fingerprint density at radius 3 is 2.56 bits per heavy atom.